The molecule has 5 aromatic carbocycles. The molecule has 0 atom stereocenters. The highest BCUT2D eigenvalue weighted by Gasteiger charge is 2.35. The molecule has 7 rings (SSSR count). The van der Waals surface area contributed by atoms with Crippen molar-refractivity contribution < 1.29 is 0 Å². The molecule has 42 heavy (non-hydrogen) atoms. The summed E-state index contributed by atoms with van der Waals surface area (Å²) in [7, 11) is 0. The molecule has 5 nitrogen and oxygen atoms in total. The predicted molar refractivity (Wildman–Crippen MR) is 174 cm³/mol. The molecule has 0 aliphatic rings. The maximum Gasteiger partial charge on any atom is 0.198 e. The number of halogens is 1. The van der Waals surface area contributed by atoms with Crippen LogP contribution in [-0.2, 0) is 12.1 Å². The molecular weight excluding hydrogens is 584 g/mol. The summed E-state index contributed by atoms with van der Waals surface area (Å²) >= 11 is 3.61. The molecule has 0 spiro atoms. The smallest absolute Gasteiger partial charge is 0.198 e. The average Bonchev–Trinajstić information content (AvgIpc) is 3.42. The van der Waals surface area contributed by atoms with Crippen LogP contribution in [0.15, 0.2) is 137 Å². The van der Waals surface area contributed by atoms with E-state index < -0.39 is 5.54 Å². The van der Waals surface area contributed by atoms with Gasteiger partial charge in [-0.25, -0.2) is 4.52 Å². The first-order valence-electron chi connectivity index (χ1n) is 14.1. The Balaban J connectivity index is 1.19. The van der Waals surface area contributed by atoms with Crippen molar-refractivity contribution in [3.63, 3.8) is 0 Å². The summed E-state index contributed by atoms with van der Waals surface area (Å²) in [6.07, 6.45) is 0. The van der Waals surface area contributed by atoms with Crippen molar-refractivity contribution in [3.8, 4) is 0 Å². The number of para-hydroxylation sites is 1. The van der Waals surface area contributed by atoms with E-state index in [0.717, 1.165) is 39.7 Å². The summed E-state index contributed by atoms with van der Waals surface area (Å²) in [5, 5.41) is 14.9. The van der Waals surface area contributed by atoms with Crippen LogP contribution in [0.2, 0.25) is 0 Å². The van der Waals surface area contributed by atoms with E-state index in [1.807, 2.05) is 40.9 Å². The lowest BCUT2D eigenvalue weighted by molar-refractivity contribution is 0.462. The van der Waals surface area contributed by atoms with E-state index in [9.17, 15) is 4.79 Å². The van der Waals surface area contributed by atoms with Gasteiger partial charge in [0.1, 0.15) is 0 Å². The van der Waals surface area contributed by atoms with E-state index >= 15 is 0 Å². The number of aromatic nitrogens is 2. The normalized spacial score (nSPS) is 12.0. The highest BCUT2D eigenvalue weighted by Crippen LogP contribution is 2.36. The highest BCUT2D eigenvalue weighted by atomic mass is 79.9. The fourth-order valence-corrected chi connectivity index (χ4v) is 6.67. The van der Waals surface area contributed by atoms with Crippen LogP contribution in [0, 0.1) is 0 Å². The van der Waals surface area contributed by atoms with Gasteiger partial charge in [-0.3, -0.25) is 10.1 Å². The van der Waals surface area contributed by atoms with Crippen LogP contribution in [0.25, 0.3) is 27.2 Å². The van der Waals surface area contributed by atoms with Gasteiger partial charge in [0.25, 0.3) is 0 Å². The van der Waals surface area contributed by atoms with E-state index in [1.165, 1.54) is 16.7 Å². The number of rotatable bonds is 9. The minimum absolute atomic E-state index is 0.0262. The fourth-order valence-electron chi connectivity index (χ4n) is 6.17. The highest BCUT2D eigenvalue weighted by molar-refractivity contribution is 9.10. The number of hydrogen-bond acceptors (Lipinski definition) is 4. The monoisotopic (exact) mass is 612 g/mol. The summed E-state index contributed by atoms with van der Waals surface area (Å²) in [6, 6.07) is 43.6. The molecule has 0 fully saturated rings. The van der Waals surface area contributed by atoms with Crippen molar-refractivity contribution in [2.45, 2.75) is 12.1 Å². The lowest BCUT2D eigenvalue weighted by Crippen LogP contribution is -2.47. The van der Waals surface area contributed by atoms with Gasteiger partial charge in [-0.05, 0) is 56.9 Å². The third-order valence-corrected chi connectivity index (χ3v) is 8.74. The Morgan fingerprint density at radius 3 is 1.86 bits per heavy atom. The molecule has 0 saturated heterocycles. The Kier molecular flexibility index (Phi) is 7.04. The third kappa shape index (κ3) is 4.40. The van der Waals surface area contributed by atoms with Crippen LogP contribution < -0.4 is 16.1 Å². The second-order valence-electron chi connectivity index (χ2n) is 10.5. The van der Waals surface area contributed by atoms with E-state index in [4.69, 9.17) is 5.10 Å². The van der Waals surface area contributed by atoms with Crippen LogP contribution in [0.1, 0.15) is 22.4 Å². The average molecular weight is 614 g/mol. The maximum atomic E-state index is 13.4. The Labute approximate surface area is 252 Å². The van der Waals surface area contributed by atoms with E-state index in [1.54, 1.807) is 0 Å². The molecule has 0 bridgehead atoms. The van der Waals surface area contributed by atoms with Gasteiger partial charge in [0.05, 0.1) is 27.7 Å². The van der Waals surface area contributed by atoms with E-state index in [0.29, 0.717) is 17.3 Å². The molecule has 7 aromatic rings. The third-order valence-electron chi connectivity index (χ3n) is 8.08. The molecule has 0 radical (unpaired) electrons. The first-order valence-corrected chi connectivity index (χ1v) is 14.9. The van der Waals surface area contributed by atoms with Crippen molar-refractivity contribution in [3.05, 3.63) is 164 Å². The van der Waals surface area contributed by atoms with Gasteiger partial charge in [-0.2, -0.15) is 5.10 Å². The van der Waals surface area contributed by atoms with E-state index in [-0.39, 0.29) is 5.43 Å². The lowest BCUT2D eigenvalue weighted by atomic mass is 9.77. The van der Waals surface area contributed by atoms with Gasteiger partial charge in [0, 0.05) is 34.9 Å². The molecule has 0 aliphatic heterocycles. The molecule has 0 unspecified atom stereocenters. The largest absolute Gasteiger partial charge is 0.310 e. The number of pyridine rings is 1. The van der Waals surface area contributed by atoms with Crippen LogP contribution in [0.5, 0.6) is 0 Å². The summed E-state index contributed by atoms with van der Waals surface area (Å²) < 4.78 is 2.71. The summed E-state index contributed by atoms with van der Waals surface area (Å²) in [5.74, 6) is 0. The van der Waals surface area contributed by atoms with Gasteiger partial charge in [0.2, 0.25) is 0 Å². The van der Waals surface area contributed by atoms with Crippen LogP contribution in [-0.4, -0.2) is 22.7 Å². The van der Waals surface area contributed by atoms with Gasteiger partial charge in [-0.15, -0.1) is 0 Å². The molecule has 6 heteroatoms. The van der Waals surface area contributed by atoms with Crippen LogP contribution >= 0.6 is 15.9 Å². The second-order valence-corrected chi connectivity index (χ2v) is 11.3. The zero-order chi connectivity index (χ0) is 28.5. The standard InChI is InChI=1S/C36H29BrN4O/c37-30-21-20-28-31(40-41-32-19-11-10-18-29(32)35(42)33(30)34(28)41)24-38-22-23-39-36(25-12-4-1-5-13-25,26-14-6-2-7-15-26)27-16-8-3-9-17-27/h1-21,38-39H,22-24H2. The molecule has 0 aliphatic carbocycles. The maximum absolute atomic E-state index is 13.4. The Morgan fingerprint density at radius 2 is 1.24 bits per heavy atom. The molecule has 2 N–H and O–H groups in total. The van der Waals surface area contributed by atoms with Crippen molar-refractivity contribution in [2.75, 3.05) is 13.1 Å². The second kappa shape index (κ2) is 11.1. The Hall–Kier alpha value is -4.36. The zero-order valence-electron chi connectivity index (χ0n) is 22.9. The van der Waals surface area contributed by atoms with Gasteiger partial charge >= 0.3 is 0 Å². The Morgan fingerprint density at radius 1 is 0.667 bits per heavy atom. The zero-order valence-corrected chi connectivity index (χ0v) is 24.5. The predicted octanol–water partition coefficient (Wildman–Crippen LogP) is 6.87. The quantitative estimate of drug-likeness (QED) is 0.106. The number of hydrogen-bond donors (Lipinski definition) is 2. The minimum Gasteiger partial charge on any atom is -0.310 e. The molecule has 0 amide bonds. The van der Waals surface area contributed by atoms with Gasteiger partial charge in [0.15, 0.2) is 5.43 Å². The molecule has 206 valence electrons. The first kappa shape index (κ1) is 26.5. The van der Waals surface area contributed by atoms with Gasteiger partial charge in [-0.1, -0.05) is 103 Å². The minimum atomic E-state index is -0.510. The van der Waals surface area contributed by atoms with Gasteiger partial charge < -0.3 is 5.32 Å². The molecule has 2 aromatic heterocycles. The first-order chi connectivity index (χ1) is 20.7. The summed E-state index contributed by atoms with van der Waals surface area (Å²) in [4.78, 5) is 13.4. The summed E-state index contributed by atoms with van der Waals surface area (Å²) in [6.45, 7) is 2.02. The molecule has 2 heterocycles. The SMILES string of the molecule is O=c1c2ccccc2n2nc(CNCCNC(c3ccccc3)(c3ccccc3)c3ccccc3)c3ccc(Br)c1c32. The molecule has 0 saturated carbocycles. The van der Waals surface area contributed by atoms with Crippen molar-refractivity contribution >= 4 is 43.1 Å². The number of nitrogens with zero attached hydrogens (tertiary/aromatic N) is 2. The molecular formula is C36H29BrN4O. The van der Waals surface area contributed by atoms with Crippen LogP contribution in [0.3, 0.4) is 0 Å². The summed E-state index contributed by atoms with van der Waals surface area (Å²) in [5.41, 5.74) is 5.68. The van der Waals surface area contributed by atoms with Crippen molar-refractivity contribution in [1.29, 1.82) is 0 Å². The van der Waals surface area contributed by atoms with Crippen molar-refractivity contribution in [2.24, 2.45) is 0 Å². The van der Waals surface area contributed by atoms with E-state index in [2.05, 4.69) is 118 Å². The number of nitrogens with one attached hydrogen (secondary N) is 2. The van der Waals surface area contributed by atoms with Crippen LogP contribution in [0.4, 0.5) is 0 Å². The number of benzene rings is 5. The Bertz CT molecular complexity index is 1950. The fraction of sp³-hybridized carbons (Fsp3) is 0.111. The topological polar surface area (TPSA) is 58.4 Å². The van der Waals surface area contributed by atoms with Crippen molar-refractivity contribution in [1.82, 2.24) is 20.2 Å². The number of fused-ring (bicyclic) bond motifs is 2. The lowest BCUT2D eigenvalue weighted by Gasteiger charge is -2.37.